The highest BCUT2D eigenvalue weighted by molar-refractivity contribution is 7.92. The van der Waals surface area contributed by atoms with E-state index in [1.54, 1.807) is 24.3 Å². The second-order valence-electron chi connectivity index (χ2n) is 12.4. The summed E-state index contributed by atoms with van der Waals surface area (Å²) >= 11 is 0. The molecule has 4 aromatic carbocycles. The van der Waals surface area contributed by atoms with Gasteiger partial charge < -0.3 is 10.6 Å². The van der Waals surface area contributed by atoms with Crippen LogP contribution in [0.4, 0.5) is 11.4 Å². The van der Waals surface area contributed by atoms with Crippen molar-refractivity contribution in [1.29, 1.82) is 0 Å². The number of hydrogen-bond donors (Lipinski definition) is 4. The predicted octanol–water partition coefficient (Wildman–Crippen LogP) is 6.54. The fourth-order valence-corrected chi connectivity index (χ4v) is 8.41. The molecule has 0 aliphatic carbocycles. The summed E-state index contributed by atoms with van der Waals surface area (Å²) in [5.74, 6) is -1.11. The van der Waals surface area contributed by atoms with E-state index in [4.69, 9.17) is 0 Å². The van der Waals surface area contributed by atoms with Gasteiger partial charge in [-0.3, -0.25) is 18.7 Å². The van der Waals surface area contributed by atoms with Crippen molar-refractivity contribution in [1.82, 2.24) is 0 Å². The number of carbonyl (C=O) groups is 2. The highest BCUT2D eigenvalue weighted by Gasteiger charge is 2.38. The van der Waals surface area contributed by atoms with Gasteiger partial charge in [-0.15, -0.1) is 0 Å². The van der Waals surface area contributed by atoms with E-state index in [9.17, 15) is 43.9 Å². The van der Waals surface area contributed by atoms with E-state index in [1.165, 1.54) is 12.2 Å². The summed E-state index contributed by atoms with van der Waals surface area (Å²) in [7, 11) is -14.7. The maximum Gasteiger partial charge on any atom is 0.296 e. The van der Waals surface area contributed by atoms with Gasteiger partial charge >= 0.3 is 0 Å². The molecule has 15 heteroatoms. The Kier molecular flexibility index (Phi) is 10.2. The maximum atomic E-state index is 13.8. The smallest absolute Gasteiger partial charge is 0.296 e. The van der Waals surface area contributed by atoms with Crippen LogP contribution in [-0.2, 0) is 39.7 Å². The average molecular weight is 751 g/mol. The first-order valence-corrected chi connectivity index (χ1v) is 19.9. The molecule has 4 aromatic rings. The SMILES string of the molecule is CC(C)c1ccc(/C=C/C(=O)Nc2cc3c(cc2S(=O)(=O)O)-c2cc(S(=O)(=O)O)c(NC(=O)/C=C/c4ccc(C(C)C)cc4)cc2S3(=O)=O)cc1. The van der Waals surface area contributed by atoms with Gasteiger partial charge in [-0.2, -0.15) is 16.8 Å². The Morgan fingerprint density at radius 1 is 0.608 bits per heavy atom. The van der Waals surface area contributed by atoms with Crippen LogP contribution in [0.5, 0.6) is 0 Å². The van der Waals surface area contributed by atoms with Crippen molar-refractivity contribution in [2.45, 2.75) is 59.1 Å². The van der Waals surface area contributed by atoms with Crippen LogP contribution in [0.1, 0.15) is 61.8 Å². The van der Waals surface area contributed by atoms with E-state index in [0.717, 1.165) is 47.5 Å². The standard InChI is InChI=1S/C36H34N2O10S3/c1-21(2)25-11-5-23(6-12-25)9-15-35(39)37-29-19-31-27(17-33(29)50(43,44)45)28-18-34(51(46,47)48)30(20-32(28)49(31,41)42)38-36(40)16-10-24-7-13-26(14-8-24)22(3)4/h5-22H,1-4H3,(H,37,39)(H,38,40)(H,43,44,45)(H,46,47,48)/b15-9+,16-10+. The van der Waals surface area contributed by atoms with Crippen LogP contribution in [-0.4, -0.2) is 46.2 Å². The normalized spacial score (nSPS) is 13.9. The maximum absolute atomic E-state index is 13.8. The van der Waals surface area contributed by atoms with Crippen LogP contribution in [0, 0.1) is 0 Å². The van der Waals surface area contributed by atoms with Gasteiger partial charge in [0.25, 0.3) is 20.2 Å². The molecule has 51 heavy (non-hydrogen) atoms. The van der Waals surface area contributed by atoms with Gasteiger partial charge in [0.15, 0.2) is 0 Å². The van der Waals surface area contributed by atoms with E-state index in [-0.39, 0.29) is 23.0 Å². The number of rotatable bonds is 10. The van der Waals surface area contributed by atoms with Crippen molar-refractivity contribution in [3.63, 3.8) is 0 Å². The Balaban J connectivity index is 1.50. The summed E-state index contributed by atoms with van der Waals surface area (Å²) in [6.07, 6.45) is 5.10. The molecule has 12 nitrogen and oxygen atoms in total. The largest absolute Gasteiger partial charge is 0.321 e. The molecule has 0 fully saturated rings. The van der Waals surface area contributed by atoms with Gasteiger partial charge in [0.1, 0.15) is 9.79 Å². The number of anilines is 2. The van der Waals surface area contributed by atoms with E-state index in [2.05, 4.69) is 10.6 Å². The van der Waals surface area contributed by atoms with Gasteiger partial charge in [-0.1, -0.05) is 76.2 Å². The van der Waals surface area contributed by atoms with Crippen LogP contribution in [0.3, 0.4) is 0 Å². The lowest BCUT2D eigenvalue weighted by Crippen LogP contribution is -2.13. The Hall–Kier alpha value is -4.93. The number of benzene rings is 4. The number of hydrogen-bond acceptors (Lipinski definition) is 8. The van der Waals surface area contributed by atoms with Crippen LogP contribution >= 0.6 is 0 Å². The monoisotopic (exact) mass is 750 g/mol. The molecule has 0 unspecified atom stereocenters. The van der Waals surface area contributed by atoms with Crippen molar-refractivity contribution in [3.8, 4) is 11.1 Å². The van der Waals surface area contributed by atoms with Crippen LogP contribution in [0.25, 0.3) is 23.3 Å². The summed E-state index contributed by atoms with van der Waals surface area (Å²) in [6.45, 7) is 8.10. The molecule has 2 amide bonds. The number of nitrogens with one attached hydrogen (secondary N) is 2. The molecule has 0 spiro atoms. The fourth-order valence-electron chi connectivity index (χ4n) is 5.40. The molecule has 0 radical (unpaired) electrons. The molecule has 1 heterocycles. The Morgan fingerprint density at radius 3 is 1.24 bits per heavy atom. The average Bonchev–Trinajstić information content (AvgIpc) is 3.26. The van der Waals surface area contributed by atoms with E-state index in [0.29, 0.717) is 11.1 Å². The lowest BCUT2D eigenvalue weighted by atomic mass is 10.0. The molecule has 0 aromatic heterocycles. The molecule has 0 saturated carbocycles. The van der Waals surface area contributed by atoms with Crippen LogP contribution < -0.4 is 10.6 Å². The molecule has 5 rings (SSSR count). The zero-order valence-electron chi connectivity index (χ0n) is 27.8. The van der Waals surface area contributed by atoms with Crippen molar-refractivity contribution in [3.05, 3.63) is 107 Å². The van der Waals surface area contributed by atoms with Crippen molar-refractivity contribution in [2.24, 2.45) is 0 Å². The minimum absolute atomic E-state index is 0.290. The molecular formula is C36H34N2O10S3. The number of sulfone groups is 1. The quantitative estimate of drug-likeness (QED) is 0.0897. The van der Waals surface area contributed by atoms with Crippen molar-refractivity contribution in [2.75, 3.05) is 10.6 Å². The lowest BCUT2D eigenvalue weighted by Gasteiger charge is -2.12. The Morgan fingerprint density at radius 2 is 0.941 bits per heavy atom. The zero-order valence-corrected chi connectivity index (χ0v) is 30.2. The summed E-state index contributed by atoms with van der Waals surface area (Å²) in [4.78, 5) is 22.9. The summed E-state index contributed by atoms with van der Waals surface area (Å²) in [6, 6.07) is 17.9. The molecule has 0 atom stereocenters. The molecule has 266 valence electrons. The molecule has 1 aliphatic heterocycles. The minimum Gasteiger partial charge on any atom is -0.321 e. The van der Waals surface area contributed by atoms with E-state index < -0.39 is 72.8 Å². The summed E-state index contributed by atoms with van der Waals surface area (Å²) < 4.78 is 97.3. The number of fused-ring (bicyclic) bond motifs is 3. The first-order chi connectivity index (χ1) is 23.8. The Labute approximate surface area is 296 Å². The van der Waals surface area contributed by atoms with Gasteiger partial charge in [-0.25, -0.2) is 8.42 Å². The summed E-state index contributed by atoms with van der Waals surface area (Å²) in [5.41, 5.74) is 1.68. The van der Waals surface area contributed by atoms with Gasteiger partial charge in [0.2, 0.25) is 21.7 Å². The van der Waals surface area contributed by atoms with Crippen LogP contribution in [0.2, 0.25) is 0 Å². The Bertz CT molecular complexity index is 2280. The molecular weight excluding hydrogens is 717 g/mol. The van der Waals surface area contributed by atoms with Gasteiger partial charge in [0.05, 0.1) is 21.2 Å². The molecule has 0 saturated heterocycles. The molecule has 4 N–H and O–H groups in total. The first-order valence-electron chi connectivity index (χ1n) is 15.5. The third kappa shape index (κ3) is 8.18. The van der Waals surface area contributed by atoms with Gasteiger partial charge in [-0.05, 0) is 70.5 Å². The second kappa shape index (κ2) is 14.0. The van der Waals surface area contributed by atoms with Gasteiger partial charge in [0, 0.05) is 23.3 Å². The predicted molar refractivity (Wildman–Crippen MR) is 193 cm³/mol. The lowest BCUT2D eigenvalue weighted by molar-refractivity contribution is -0.112. The fraction of sp³-hybridized carbons (Fsp3) is 0.167. The van der Waals surface area contributed by atoms with Crippen molar-refractivity contribution < 1.29 is 43.9 Å². The van der Waals surface area contributed by atoms with Crippen molar-refractivity contribution >= 4 is 65.4 Å². The van der Waals surface area contributed by atoms with E-state index in [1.807, 2.05) is 52.0 Å². The third-order valence-corrected chi connectivity index (χ3v) is 11.8. The third-order valence-electron chi connectivity index (χ3n) is 8.16. The highest BCUT2D eigenvalue weighted by atomic mass is 32.2. The minimum atomic E-state index is -5.09. The second-order valence-corrected chi connectivity index (χ2v) is 17.1. The van der Waals surface area contributed by atoms with E-state index >= 15 is 0 Å². The number of carbonyl (C=O) groups excluding carboxylic acids is 2. The molecule has 0 bridgehead atoms. The number of amides is 2. The van der Waals surface area contributed by atoms with Crippen LogP contribution in [0.15, 0.2) is 105 Å². The highest BCUT2D eigenvalue weighted by Crippen LogP contribution is 2.48. The topological polar surface area (TPSA) is 201 Å². The summed E-state index contributed by atoms with van der Waals surface area (Å²) in [5, 5.41) is 4.58. The molecule has 1 aliphatic rings. The zero-order chi connectivity index (χ0) is 37.5. The first kappa shape index (κ1) is 37.3.